The minimum absolute atomic E-state index is 0.145. The van der Waals surface area contributed by atoms with Crippen molar-refractivity contribution >= 4 is 28.5 Å². The first-order chi connectivity index (χ1) is 14.5. The van der Waals surface area contributed by atoms with E-state index in [2.05, 4.69) is 15.5 Å². The van der Waals surface area contributed by atoms with Gasteiger partial charge in [0.15, 0.2) is 5.69 Å². The van der Waals surface area contributed by atoms with E-state index in [1.807, 2.05) is 56.3 Å². The number of aryl methyl sites for hydroxylation is 2. The average molecular weight is 399 g/mol. The molecule has 1 aromatic heterocycles. The molecule has 0 aliphatic rings. The van der Waals surface area contributed by atoms with E-state index in [0.717, 1.165) is 16.6 Å². The number of rotatable bonds is 5. The molecular weight excluding hydrogens is 378 g/mol. The fraction of sp³-hybridized carbons (Fsp3) is 0.125. The lowest BCUT2D eigenvalue weighted by Crippen LogP contribution is -2.26. The number of amides is 1. The Labute approximate surface area is 173 Å². The molecule has 0 saturated heterocycles. The van der Waals surface area contributed by atoms with Gasteiger partial charge in [0.05, 0.1) is 5.52 Å². The molecule has 6 heteroatoms. The zero-order valence-corrected chi connectivity index (χ0v) is 16.7. The lowest BCUT2D eigenvalue weighted by Gasteiger charge is -2.18. The van der Waals surface area contributed by atoms with Gasteiger partial charge in [0.2, 0.25) is 6.10 Å². The summed E-state index contributed by atoms with van der Waals surface area (Å²) < 4.78 is 5.66. The number of carbonyl (C=O) groups excluding carboxylic acids is 2. The first-order valence-electron chi connectivity index (χ1n) is 9.60. The summed E-state index contributed by atoms with van der Waals surface area (Å²) in [4.78, 5) is 26.0. The molecule has 0 aliphatic heterocycles. The van der Waals surface area contributed by atoms with Crippen molar-refractivity contribution in [2.45, 2.75) is 20.0 Å². The summed E-state index contributed by atoms with van der Waals surface area (Å²) in [6, 6.07) is 22.0. The Morgan fingerprint density at radius 1 is 0.967 bits per heavy atom. The van der Waals surface area contributed by atoms with Crippen LogP contribution in [0.25, 0.3) is 10.9 Å². The molecule has 150 valence electrons. The number of para-hydroxylation sites is 1. The summed E-state index contributed by atoms with van der Waals surface area (Å²) in [5.74, 6) is -1.10. The highest BCUT2D eigenvalue weighted by Crippen LogP contribution is 2.25. The number of aromatic nitrogens is 2. The van der Waals surface area contributed by atoms with E-state index < -0.39 is 18.0 Å². The van der Waals surface area contributed by atoms with Crippen LogP contribution in [0.5, 0.6) is 0 Å². The SMILES string of the molecule is Cc1ccc(C)c(NC(=O)C(OC(=O)c2n[nH]c3ccccc23)c2ccccc2)c1. The Balaban J connectivity index is 1.64. The van der Waals surface area contributed by atoms with E-state index in [1.165, 1.54) is 0 Å². The van der Waals surface area contributed by atoms with Crippen LogP contribution in [0.1, 0.15) is 33.3 Å². The maximum atomic E-state index is 13.1. The Hall–Kier alpha value is -3.93. The van der Waals surface area contributed by atoms with Crippen LogP contribution in [0, 0.1) is 13.8 Å². The van der Waals surface area contributed by atoms with Crippen molar-refractivity contribution in [3.8, 4) is 0 Å². The number of H-pyrrole nitrogens is 1. The molecule has 0 radical (unpaired) electrons. The zero-order valence-electron chi connectivity index (χ0n) is 16.7. The molecule has 1 unspecified atom stereocenters. The van der Waals surface area contributed by atoms with E-state index in [9.17, 15) is 9.59 Å². The number of hydrogen-bond donors (Lipinski definition) is 2. The summed E-state index contributed by atoms with van der Waals surface area (Å²) in [5.41, 5.74) is 4.07. The molecule has 0 bridgehead atoms. The van der Waals surface area contributed by atoms with Crippen LogP contribution >= 0.6 is 0 Å². The highest BCUT2D eigenvalue weighted by atomic mass is 16.5. The smallest absolute Gasteiger partial charge is 0.360 e. The van der Waals surface area contributed by atoms with E-state index in [4.69, 9.17) is 4.74 Å². The van der Waals surface area contributed by atoms with Gasteiger partial charge < -0.3 is 10.1 Å². The summed E-state index contributed by atoms with van der Waals surface area (Å²) in [6.07, 6.45) is -1.12. The van der Waals surface area contributed by atoms with Gasteiger partial charge >= 0.3 is 5.97 Å². The predicted octanol–water partition coefficient (Wildman–Crippen LogP) is 4.72. The number of carbonyl (C=O) groups is 2. The van der Waals surface area contributed by atoms with E-state index in [-0.39, 0.29) is 5.69 Å². The van der Waals surface area contributed by atoms with Gasteiger partial charge in [0, 0.05) is 16.6 Å². The fourth-order valence-electron chi connectivity index (χ4n) is 3.25. The largest absolute Gasteiger partial charge is 0.442 e. The van der Waals surface area contributed by atoms with Gasteiger partial charge in [-0.2, -0.15) is 5.10 Å². The molecule has 0 spiro atoms. The number of benzene rings is 3. The number of esters is 1. The third-order valence-electron chi connectivity index (χ3n) is 4.88. The molecule has 3 aromatic carbocycles. The van der Waals surface area contributed by atoms with Crippen molar-refractivity contribution in [1.82, 2.24) is 10.2 Å². The van der Waals surface area contributed by atoms with Crippen molar-refractivity contribution in [3.05, 3.63) is 95.2 Å². The third kappa shape index (κ3) is 3.93. The molecule has 0 aliphatic carbocycles. The lowest BCUT2D eigenvalue weighted by molar-refractivity contribution is -0.125. The number of hydrogen-bond acceptors (Lipinski definition) is 4. The van der Waals surface area contributed by atoms with Crippen molar-refractivity contribution in [2.24, 2.45) is 0 Å². The van der Waals surface area contributed by atoms with Gasteiger partial charge in [-0.3, -0.25) is 9.89 Å². The second-order valence-electron chi connectivity index (χ2n) is 7.12. The molecule has 0 fully saturated rings. The number of anilines is 1. The third-order valence-corrected chi connectivity index (χ3v) is 4.88. The molecule has 4 aromatic rings. The fourth-order valence-corrected chi connectivity index (χ4v) is 3.25. The summed E-state index contributed by atoms with van der Waals surface area (Å²) in [5, 5.41) is 10.4. The van der Waals surface area contributed by atoms with E-state index in [1.54, 1.807) is 30.3 Å². The van der Waals surface area contributed by atoms with Gasteiger partial charge in [-0.1, -0.05) is 60.7 Å². The minimum Gasteiger partial charge on any atom is -0.442 e. The standard InChI is InChI=1S/C24H21N3O3/c1-15-12-13-16(2)20(14-15)25-23(28)22(17-8-4-3-5-9-17)30-24(29)21-18-10-6-7-11-19(18)26-27-21/h3-14,22H,1-2H3,(H,25,28)(H,26,27). The quantitative estimate of drug-likeness (QED) is 0.476. The summed E-state index contributed by atoms with van der Waals surface area (Å²) >= 11 is 0. The molecule has 1 heterocycles. The molecule has 2 N–H and O–H groups in total. The first kappa shape index (κ1) is 19.4. The van der Waals surface area contributed by atoms with Crippen LogP contribution in [0.3, 0.4) is 0 Å². The Bertz CT molecular complexity index is 1210. The topological polar surface area (TPSA) is 84.1 Å². The highest BCUT2D eigenvalue weighted by Gasteiger charge is 2.28. The predicted molar refractivity (Wildman–Crippen MR) is 115 cm³/mol. The van der Waals surface area contributed by atoms with Crippen LogP contribution in [0.2, 0.25) is 0 Å². The molecule has 6 nitrogen and oxygen atoms in total. The van der Waals surface area contributed by atoms with Gasteiger partial charge in [-0.25, -0.2) is 4.79 Å². The number of nitrogens with zero attached hydrogens (tertiary/aromatic N) is 1. The minimum atomic E-state index is -1.12. The lowest BCUT2D eigenvalue weighted by atomic mass is 10.1. The van der Waals surface area contributed by atoms with Crippen molar-refractivity contribution in [2.75, 3.05) is 5.32 Å². The second-order valence-corrected chi connectivity index (χ2v) is 7.12. The van der Waals surface area contributed by atoms with Crippen LogP contribution in [0.15, 0.2) is 72.8 Å². The molecule has 4 rings (SSSR count). The summed E-state index contributed by atoms with van der Waals surface area (Å²) in [6.45, 7) is 3.86. The summed E-state index contributed by atoms with van der Waals surface area (Å²) in [7, 11) is 0. The van der Waals surface area contributed by atoms with E-state index >= 15 is 0 Å². The van der Waals surface area contributed by atoms with Crippen LogP contribution in [-0.2, 0) is 9.53 Å². The normalized spacial score (nSPS) is 11.8. The van der Waals surface area contributed by atoms with Gasteiger partial charge in [0.25, 0.3) is 5.91 Å². The molecule has 1 amide bonds. The zero-order chi connectivity index (χ0) is 21.1. The molecule has 0 saturated carbocycles. The van der Waals surface area contributed by atoms with Crippen LogP contribution in [0.4, 0.5) is 5.69 Å². The highest BCUT2D eigenvalue weighted by molar-refractivity contribution is 6.04. The van der Waals surface area contributed by atoms with Crippen molar-refractivity contribution in [3.63, 3.8) is 0 Å². The average Bonchev–Trinajstić information content (AvgIpc) is 3.19. The van der Waals surface area contributed by atoms with Crippen molar-refractivity contribution < 1.29 is 14.3 Å². The monoisotopic (exact) mass is 399 g/mol. The van der Waals surface area contributed by atoms with Crippen LogP contribution in [-0.4, -0.2) is 22.1 Å². The van der Waals surface area contributed by atoms with Gasteiger partial charge in [0.1, 0.15) is 0 Å². The van der Waals surface area contributed by atoms with Crippen LogP contribution < -0.4 is 5.32 Å². The molecule has 30 heavy (non-hydrogen) atoms. The maximum absolute atomic E-state index is 13.1. The number of nitrogens with one attached hydrogen (secondary N) is 2. The van der Waals surface area contributed by atoms with Gasteiger partial charge in [-0.15, -0.1) is 0 Å². The number of aromatic amines is 1. The first-order valence-corrected chi connectivity index (χ1v) is 9.60. The maximum Gasteiger partial charge on any atom is 0.360 e. The molecule has 1 atom stereocenters. The number of ether oxygens (including phenoxy) is 1. The second kappa shape index (κ2) is 8.21. The van der Waals surface area contributed by atoms with Gasteiger partial charge in [-0.05, 0) is 37.1 Å². The Kier molecular flexibility index (Phi) is 5.30. The van der Waals surface area contributed by atoms with E-state index in [0.29, 0.717) is 16.6 Å². The Morgan fingerprint density at radius 3 is 2.50 bits per heavy atom. The molecular formula is C24H21N3O3. The Morgan fingerprint density at radius 2 is 1.70 bits per heavy atom. The number of fused-ring (bicyclic) bond motifs is 1. The van der Waals surface area contributed by atoms with Crippen molar-refractivity contribution in [1.29, 1.82) is 0 Å².